The van der Waals surface area contributed by atoms with Crippen LogP contribution in [0.4, 0.5) is 17.1 Å². The molecule has 0 unspecified atom stereocenters. The lowest BCUT2D eigenvalue weighted by atomic mass is 9.33. The van der Waals surface area contributed by atoms with Crippen LogP contribution < -0.4 is 21.1 Å². The number of rotatable bonds is 5. The Morgan fingerprint density at radius 2 is 1.54 bits per heavy atom. The van der Waals surface area contributed by atoms with Gasteiger partial charge in [0, 0.05) is 28.3 Å². The van der Waals surface area contributed by atoms with Crippen LogP contribution in [0.5, 0.6) is 0 Å². The third kappa shape index (κ3) is 6.82. The van der Waals surface area contributed by atoms with Crippen molar-refractivity contribution in [1.29, 1.82) is 0 Å². The fraction of sp³-hybridized carbons (Fsp3) is 0.255. The van der Waals surface area contributed by atoms with Crippen molar-refractivity contribution in [2.75, 3.05) is 10.2 Å². The van der Waals surface area contributed by atoms with E-state index in [-0.39, 0.29) is 17.5 Å². The molecule has 0 bridgehead atoms. The summed E-state index contributed by atoms with van der Waals surface area (Å²) in [5, 5.41) is 3.84. The largest absolute Gasteiger partial charge is 0.362 e. The van der Waals surface area contributed by atoms with Crippen LogP contribution in [0.3, 0.4) is 0 Å². The minimum Gasteiger partial charge on any atom is -0.362 e. The van der Waals surface area contributed by atoms with Crippen LogP contribution in [0.15, 0.2) is 162 Å². The van der Waals surface area contributed by atoms with Crippen molar-refractivity contribution < 1.29 is 0 Å². The number of para-hydroxylation sites is 1. The molecule has 0 fully saturated rings. The predicted molar refractivity (Wildman–Crippen MR) is 235 cm³/mol. The normalized spacial score (nSPS) is 19.1. The number of nitrogens with one attached hydrogen (secondary N) is 1. The van der Waals surface area contributed by atoms with E-state index in [0.717, 1.165) is 31.4 Å². The van der Waals surface area contributed by atoms with Gasteiger partial charge >= 0.3 is 0 Å². The zero-order chi connectivity index (χ0) is 37.6. The smallest absolute Gasteiger partial charge is 0.249 e. The first kappa shape index (κ1) is 35.7. The molecule has 270 valence electrons. The Labute approximate surface area is 324 Å². The van der Waals surface area contributed by atoms with Gasteiger partial charge in [-0.1, -0.05) is 162 Å². The number of aryl methyl sites for hydroxylation is 1. The maximum atomic E-state index is 3.84. The monoisotopic (exact) mass is 704 g/mol. The summed E-state index contributed by atoms with van der Waals surface area (Å²) in [5.41, 5.74) is 19.4. The zero-order valence-electron chi connectivity index (χ0n) is 33.1. The highest BCUT2D eigenvalue weighted by Crippen LogP contribution is 2.44. The van der Waals surface area contributed by atoms with E-state index in [1.165, 1.54) is 78.0 Å². The minimum atomic E-state index is -0.0327. The van der Waals surface area contributed by atoms with Crippen LogP contribution in [-0.2, 0) is 5.41 Å². The van der Waals surface area contributed by atoms with Gasteiger partial charge in [0.05, 0.1) is 0 Å². The maximum absolute atomic E-state index is 3.84. The summed E-state index contributed by atoms with van der Waals surface area (Å²) >= 11 is 0. The molecule has 0 spiro atoms. The summed E-state index contributed by atoms with van der Waals surface area (Å²) < 4.78 is 0. The van der Waals surface area contributed by atoms with E-state index in [9.17, 15) is 0 Å². The molecule has 3 heteroatoms. The first-order chi connectivity index (χ1) is 26.0. The lowest BCUT2D eigenvalue weighted by Crippen LogP contribution is -2.53. The Morgan fingerprint density at radius 1 is 0.759 bits per heavy atom. The molecule has 0 radical (unpaired) electrons. The fourth-order valence-electron chi connectivity index (χ4n) is 8.50. The van der Waals surface area contributed by atoms with E-state index in [1.54, 1.807) is 0 Å². The predicted octanol–water partition coefficient (Wildman–Crippen LogP) is 12.4. The molecule has 0 amide bonds. The van der Waals surface area contributed by atoms with Crippen molar-refractivity contribution in [1.82, 2.24) is 0 Å². The Balaban J connectivity index is 1.39. The molecule has 0 saturated carbocycles. The third-order valence-electron chi connectivity index (χ3n) is 11.4. The highest BCUT2D eigenvalue weighted by molar-refractivity contribution is 6.94. The molecule has 4 aliphatic rings. The number of allylic oxidation sites excluding steroid dienone is 10. The van der Waals surface area contributed by atoms with E-state index in [0.29, 0.717) is 0 Å². The summed E-state index contributed by atoms with van der Waals surface area (Å²) in [4.78, 5) is 2.64. The van der Waals surface area contributed by atoms with E-state index in [2.05, 4.69) is 198 Å². The number of nitrogens with zero attached hydrogens (tertiary/aromatic N) is 1. The lowest BCUT2D eigenvalue weighted by Gasteiger charge is -2.42. The molecule has 2 heterocycles. The second-order valence-electron chi connectivity index (χ2n) is 17.4. The molecule has 4 aromatic rings. The van der Waals surface area contributed by atoms with Crippen LogP contribution in [0, 0.1) is 12.3 Å². The molecule has 2 aliphatic heterocycles. The average Bonchev–Trinajstić information content (AvgIpc) is 3.15. The number of hydrogen-bond donors (Lipinski definition) is 1. The molecule has 1 N–H and O–H groups in total. The average molecular weight is 705 g/mol. The number of benzene rings is 4. The molecular weight excluding hydrogens is 651 g/mol. The van der Waals surface area contributed by atoms with Crippen LogP contribution in [-0.4, -0.2) is 6.71 Å². The molecule has 0 saturated heterocycles. The summed E-state index contributed by atoms with van der Waals surface area (Å²) in [6.07, 6.45) is 25.7. The standard InChI is InChI=1S/C51H53BN2/c1-35-30-38-32-39(50(2,3)4)26-28-41(34-53-45-24-16-14-22-42(45)36-18-10-8-11-19-36)52-44-29-27-40(51(5,6)7)33-47(44)54(48(31-35)49(38)52)46-25-17-15-23-43(46)37-20-12-9-13-21-37/h8-12,14,16,18-20,22-34,53H,13,15,17,21H2,1-7H3/b28-26-,39-32+,41-34-. The van der Waals surface area contributed by atoms with Crippen molar-refractivity contribution in [3.63, 3.8) is 0 Å². The maximum Gasteiger partial charge on any atom is 0.249 e. The van der Waals surface area contributed by atoms with Crippen LogP contribution in [0.25, 0.3) is 17.2 Å². The van der Waals surface area contributed by atoms with Crippen molar-refractivity contribution in [2.24, 2.45) is 5.41 Å². The first-order valence-electron chi connectivity index (χ1n) is 19.8. The lowest BCUT2D eigenvalue weighted by molar-refractivity contribution is 0.520. The second-order valence-corrected chi connectivity index (χ2v) is 17.4. The molecule has 0 atom stereocenters. The molecule has 4 aromatic carbocycles. The van der Waals surface area contributed by atoms with Crippen molar-refractivity contribution in [3.05, 3.63) is 178 Å². The van der Waals surface area contributed by atoms with Gasteiger partial charge in [-0.25, -0.2) is 0 Å². The quantitative estimate of drug-likeness (QED) is 0.208. The summed E-state index contributed by atoms with van der Waals surface area (Å²) in [6, 6.07) is 31.5. The highest BCUT2D eigenvalue weighted by atomic mass is 15.2. The summed E-state index contributed by atoms with van der Waals surface area (Å²) in [7, 11) is 0. The SMILES string of the molecule is Cc1cc2c3c(c1)N(C1=CCCC=C1C1=CC=CCC1)c1cc(C(C)(C)C)ccc1B3C(=C\Nc1ccccc1-c1ccccc1)/C=C\C(C(C)(C)C)=C/2. The van der Waals surface area contributed by atoms with E-state index in [4.69, 9.17) is 0 Å². The van der Waals surface area contributed by atoms with Gasteiger partial charge in [0.15, 0.2) is 0 Å². The molecule has 54 heavy (non-hydrogen) atoms. The Morgan fingerprint density at radius 3 is 2.30 bits per heavy atom. The van der Waals surface area contributed by atoms with Gasteiger partial charge in [-0.05, 0) is 118 Å². The molecule has 2 nitrogen and oxygen atoms in total. The van der Waals surface area contributed by atoms with E-state index in [1.807, 2.05) is 0 Å². The molecule has 0 aromatic heterocycles. The Kier molecular flexibility index (Phi) is 9.38. The van der Waals surface area contributed by atoms with Gasteiger partial charge in [0.25, 0.3) is 0 Å². The summed E-state index contributed by atoms with van der Waals surface area (Å²) in [6.45, 7) is 16.3. The zero-order valence-corrected chi connectivity index (χ0v) is 33.1. The van der Waals surface area contributed by atoms with Gasteiger partial charge in [0.1, 0.15) is 0 Å². The minimum absolute atomic E-state index is 0.00159. The first-order valence-corrected chi connectivity index (χ1v) is 19.8. The van der Waals surface area contributed by atoms with Crippen LogP contribution >= 0.6 is 0 Å². The number of hydrogen-bond acceptors (Lipinski definition) is 2. The van der Waals surface area contributed by atoms with E-state index < -0.39 is 0 Å². The van der Waals surface area contributed by atoms with Crippen molar-refractivity contribution >= 4 is 40.8 Å². The van der Waals surface area contributed by atoms with Gasteiger partial charge < -0.3 is 10.2 Å². The van der Waals surface area contributed by atoms with Crippen LogP contribution in [0.2, 0.25) is 0 Å². The molecular formula is C51H53BN2. The van der Waals surface area contributed by atoms with E-state index >= 15 is 0 Å². The van der Waals surface area contributed by atoms with Gasteiger partial charge in [-0.15, -0.1) is 0 Å². The van der Waals surface area contributed by atoms with Crippen LogP contribution in [0.1, 0.15) is 83.9 Å². The van der Waals surface area contributed by atoms with Gasteiger partial charge in [-0.2, -0.15) is 0 Å². The topological polar surface area (TPSA) is 15.3 Å². The van der Waals surface area contributed by atoms with Crippen molar-refractivity contribution in [3.8, 4) is 11.1 Å². The van der Waals surface area contributed by atoms with Crippen molar-refractivity contribution in [2.45, 2.75) is 79.6 Å². The third-order valence-corrected chi connectivity index (χ3v) is 11.4. The van der Waals surface area contributed by atoms with Gasteiger partial charge in [-0.3, -0.25) is 0 Å². The van der Waals surface area contributed by atoms with Gasteiger partial charge in [0.2, 0.25) is 6.71 Å². The second kappa shape index (κ2) is 14.2. The number of anilines is 3. The number of fused-ring (bicyclic) bond motifs is 2. The molecule has 2 aliphatic carbocycles. The fourth-order valence-corrected chi connectivity index (χ4v) is 8.50. The summed E-state index contributed by atoms with van der Waals surface area (Å²) in [5.74, 6) is 0. The highest BCUT2D eigenvalue weighted by Gasteiger charge is 2.40. The Hall–Kier alpha value is -5.28. The molecule has 8 rings (SSSR count). The Bertz CT molecular complexity index is 2330.